The fraction of sp³-hybridized carbons (Fsp3) is 0.438. The topological polar surface area (TPSA) is 32.3 Å². The van der Waals surface area contributed by atoms with Gasteiger partial charge in [-0.05, 0) is 37.9 Å². The van der Waals surface area contributed by atoms with Gasteiger partial charge in [-0.3, -0.25) is 4.79 Å². The molecule has 0 aliphatic carbocycles. The second-order valence-electron chi connectivity index (χ2n) is 5.52. The number of carbonyl (C=O) groups is 1. The lowest BCUT2D eigenvalue weighted by Gasteiger charge is -2.27. The van der Waals surface area contributed by atoms with Gasteiger partial charge in [0.05, 0.1) is 5.56 Å². The Hall–Kier alpha value is -1.39. The molecule has 1 aromatic heterocycles. The van der Waals surface area contributed by atoms with Crippen LogP contribution in [0.25, 0.3) is 10.1 Å². The number of piperidine rings is 1. The average molecular weight is 288 g/mol. The number of amides is 1. The normalized spacial score (nSPS) is 16.4. The van der Waals surface area contributed by atoms with Crippen molar-refractivity contribution in [2.75, 3.05) is 26.7 Å². The molecule has 0 bridgehead atoms. The zero-order valence-electron chi connectivity index (χ0n) is 11.8. The molecule has 0 unspecified atom stereocenters. The Balaban J connectivity index is 1.74. The molecule has 2 heterocycles. The SMILES string of the molecule is CN(CC1CCNCC1)C(=O)c1csc2ccccc12. The van der Waals surface area contributed by atoms with Crippen molar-refractivity contribution in [1.82, 2.24) is 10.2 Å². The summed E-state index contributed by atoms with van der Waals surface area (Å²) in [4.78, 5) is 14.5. The summed E-state index contributed by atoms with van der Waals surface area (Å²) in [5.41, 5.74) is 0.849. The summed E-state index contributed by atoms with van der Waals surface area (Å²) in [6, 6.07) is 8.13. The van der Waals surface area contributed by atoms with Crippen LogP contribution in [0.15, 0.2) is 29.6 Å². The first-order valence-electron chi connectivity index (χ1n) is 7.18. The number of fused-ring (bicyclic) bond motifs is 1. The van der Waals surface area contributed by atoms with Crippen molar-refractivity contribution in [3.8, 4) is 0 Å². The third-order valence-corrected chi connectivity index (χ3v) is 5.01. The second kappa shape index (κ2) is 5.94. The molecule has 0 radical (unpaired) electrons. The quantitative estimate of drug-likeness (QED) is 0.941. The minimum absolute atomic E-state index is 0.154. The van der Waals surface area contributed by atoms with Crippen LogP contribution in [0.5, 0.6) is 0 Å². The third-order valence-electron chi connectivity index (χ3n) is 4.05. The van der Waals surface area contributed by atoms with Crippen LogP contribution in [0.3, 0.4) is 0 Å². The molecular formula is C16H20N2OS. The van der Waals surface area contributed by atoms with E-state index in [0.29, 0.717) is 5.92 Å². The van der Waals surface area contributed by atoms with E-state index in [1.165, 1.54) is 17.5 Å². The van der Waals surface area contributed by atoms with Crippen LogP contribution >= 0.6 is 11.3 Å². The van der Waals surface area contributed by atoms with Crippen LogP contribution in [0.1, 0.15) is 23.2 Å². The summed E-state index contributed by atoms with van der Waals surface area (Å²) in [6.45, 7) is 3.02. The molecule has 1 aromatic carbocycles. The molecule has 20 heavy (non-hydrogen) atoms. The highest BCUT2D eigenvalue weighted by Crippen LogP contribution is 2.27. The van der Waals surface area contributed by atoms with Gasteiger partial charge < -0.3 is 10.2 Å². The van der Waals surface area contributed by atoms with E-state index in [1.807, 2.05) is 35.5 Å². The molecule has 0 atom stereocenters. The molecule has 106 valence electrons. The summed E-state index contributed by atoms with van der Waals surface area (Å²) in [6.07, 6.45) is 2.34. The van der Waals surface area contributed by atoms with Crippen LogP contribution < -0.4 is 5.32 Å². The Morgan fingerprint density at radius 3 is 2.90 bits per heavy atom. The second-order valence-corrected chi connectivity index (χ2v) is 6.44. The standard InChI is InChI=1S/C16H20N2OS/c1-18(10-12-6-8-17-9-7-12)16(19)14-11-20-15-5-3-2-4-13(14)15/h2-5,11-12,17H,6-10H2,1H3. The van der Waals surface area contributed by atoms with E-state index in [0.717, 1.165) is 30.6 Å². The van der Waals surface area contributed by atoms with E-state index < -0.39 is 0 Å². The first kappa shape index (κ1) is 13.6. The van der Waals surface area contributed by atoms with Gasteiger partial charge in [-0.2, -0.15) is 0 Å². The van der Waals surface area contributed by atoms with Gasteiger partial charge >= 0.3 is 0 Å². The maximum absolute atomic E-state index is 12.6. The molecule has 1 aliphatic rings. The van der Waals surface area contributed by atoms with E-state index in [2.05, 4.69) is 11.4 Å². The number of thiophene rings is 1. The summed E-state index contributed by atoms with van der Waals surface area (Å²) in [5.74, 6) is 0.788. The maximum Gasteiger partial charge on any atom is 0.255 e. The van der Waals surface area contributed by atoms with E-state index in [-0.39, 0.29) is 5.91 Å². The Labute approximate surface area is 123 Å². The lowest BCUT2D eigenvalue weighted by molar-refractivity contribution is 0.0765. The molecule has 1 aliphatic heterocycles. The maximum atomic E-state index is 12.6. The number of nitrogens with one attached hydrogen (secondary N) is 1. The van der Waals surface area contributed by atoms with Crippen molar-refractivity contribution in [3.05, 3.63) is 35.2 Å². The zero-order chi connectivity index (χ0) is 13.9. The van der Waals surface area contributed by atoms with Crippen LogP contribution in [-0.2, 0) is 0 Å². The largest absolute Gasteiger partial charge is 0.341 e. The molecular weight excluding hydrogens is 268 g/mol. The molecule has 2 aromatic rings. The van der Waals surface area contributed by atoms with Gasteiger partial charge in [0.2, 0.25) is 0 Å². The molecule has 0 saturated carbocycles. The molecule has 1 amide bonds. The van der Waals surface area contributed by atoms with Crippen molar-refractivity contribution >= 4 is 27.3 Å². The minimum Gasteiger partial charge on any atom is -0.341 e. The van der Waals surface area contributed by atoms with Crippen LogP contribution in [0.4, 0.5) is 0 Å². The smallest absolute Gasteiger partial charge is 0.255 e. The summed E-state index contributed by atoms with van der Waals surface area (Å²) < 4.78 is 1.19. The van der Waals surface area contributed by atoms with Crippen molar-refractivity contribution in [2.24, 2.45) is 5.92 Å². The van der Waals surface area contributed by atoms with E-state index in [1.54, 1.807) is 11.3 Å². The molecule has 3 rings (SSSR count). The highest BCUT2D eigenvalue weighted by molar-refractivity contribution is 7.17. The van der Waals surface area contributed by atoms with Gasteiger partial charge in [0.1, 0.15) is 0 Å². The molecule has 0 spiro atoms. The average Bonchev–Trinajstić information content (AvgIpc) is 2.91. The third kappa shape index (κ3) is 2.72. The number of nitrogens with zero attached hydrogens (tertiary/aromatic N) is 1. The highest BCUT2D eigenvalue weighted by atomic mass is 32.1. The van der Waals surface area contributed by atoms with Gasteiger partial charge in [0.25, 0.3) is 5.91 Å². The minimum atomic E-state index is 0.154. The monoisotopic (exact) mass is 288 g/mol. The van der Waals surface area contributed by atoms with Crippen LogP contribution in [0.2, 0.25) is 0 Å². The number of carbonyl (C=O) groups excluding carboxylic acids is 1. The van der Waals surface area contributed by atoms with E-state index >= 15 is 0 Å². The van der Waals surface area contributed by atoms with Crippen molar-refractivity contribution in [3.63, 3.8) is 0 Å². The first-order valence-corrected chi connectivity index (χ1v) is 8.06. The van der Waals surface area contributed by atoms with Crippen molar-refractivity contribution in [1.29, 1.82) is 0 Å². The Kier molecular flexibility index (Phi) is 4.03. The Morgan fingerprint density at radius 2 is 2.10 bits per heavy atom. The van der Waals surface area contributed by atoms with Gasteiger partial charge in [0, 0.05) is 29.1 Å². The van der Waals surface area contributed by atoms with Gasteiger partial charge in [0.15, 0.2) is 0 Å². The van der Waals surface area contributed by atoms with Crippen LogP contribution in [-0.4, -0.2) is 37.5 Å². The molecule has 1 fully saturated rings. The highest BCUT2D eigenvalue weighted by Gasteiger charge is 2.20. The van der Waals surface area contributed by atoms with Crippen LogP contribution in [0, 0.1) is 5.92 Å². The van der Waals surface area contributed by atoms with E-state index in [4.69, 9.17) is 0 Å². The first-order chi connectivity index (χ1) is 9.75. The number of rotatable bonds is 3. The fourth-order valence-electron chi connectivity index (χ4n) is 2.88. The van der Waals surface area contributed by atoms with Gasteiger partial charge in [-0.15, -0.1) is 11.3 Å². The number of benzene rings is 1. The Bertz CT molecular complexity index is 601. The number of hydrogen-bond acceptors (Lipinski definition) is 3. The van der Waals surface area contributed by atoms with E-state index in [9.17, 15) is 4.79 Å². The molecule has 3 nitrogen and oxygen atoms in total. The summed E-state index contributed by atoms with van der Waals surface area (Å²) in [7, 11) is 1.93. The lowest BCUT2D eigenvalue weighted by atomic mass is 9.97. The molecule has 1 saturated heterocycles. The van der Waals surface area contributed by atoms with Gasteiger partial charge in [-0.1, -0.05) is 18.2 Å². The van der Waals surface area contributed by atoms with Crippen molar-refractivity contribution in [2.45, 2.75) is 12.8 Å². The zero-order valence-corrected chi connectivity index (χ0v) is 12.6. The molecule has 4 heteroatoms. The predicted molar refractivity (Wildman–Crippen MR) is 84.4 cm³/mol. The predicted octanol–water partition coefficient (Wildman–Crippen LogP) is 2.97. The number of hydrogen-bond donors (Lipinski definition) is 1. The summed E-state index contributed by atoms with van der Waals surface area (Å²) in [5, 5.41) is 6.44. The van der Waals surface area contributed by atoms with Gasteiger partial charge in [-0.25, -0.2) is 0 Å². The Morgan fingerprint density at radius 1 is 1.35 bits per heavy atom. The summed E-state index contributed by atoms with van der Waals surface area (Å²) >= 11 is 1.65. The lowest BCUT2D eigenvalue weighted by Crippen LogP contribution is -2.37. The molecule has 1 N–H and O–H groups in total. The van der Waals surface area contributed by atoms with Crippen molar-refractivity contribution < 1.29 is 4.79 Å². The fourth-order valence-corrected chi connectivity index (χ4v) is 3.82.